The summed E-state index contributed by atoms with van der Waals surface area (Å²) >= 11 is 5.74. The Morgan fingerprint density at radius 2 is 2.13 bits per heavy atom. The van der Waals surface area contributed by atoms with Crippen molar-refractivity contribution in [1.82, 2.24) is 9.97 Å². The van der Waals surface area contributed by atoms with Crippen molar-refractivity contribution < 1.29 is 5.11 Å². The number of nitrogens with two attached hydrogens (primary N) is 1. The lowest BCUT2D eigenvalue weighted by molar-refractivity contribution is 0.201. The molecule has 3 N–H and O–H groups in total. The van der Waals surface area contributed by atoms with E-state index in [2.05, 4.69) is 9.97 Å². The van der Waals surface area contributed by atoms with Gasteiger partial charge in [0.05, 0.1) is 17.5 Å². The Kier molecular flexibility index (Phi) is 3.71. The number of hydrogen-bond acceptors (Lipinski definition) is 5. The van der Waals surface area contributed by atoms with Gasteiger partial charge >= 0.3 is 0 Å². The monoisotopic (exact) mass is 230 g/mol. The number of hydrogen-bond donors (Lipinski definition) is 2. The van der Waals surface area contributed by atoms with Gasteiger partial charge in [0.25, 0.3) is 0 Å². The van der Waals surface area contributed by atoms with Crippen molar-refractivity contribution in [2.45, 2.75) is 20.0 Å². The fraction of sp³-hybridized carbons (Fsp3) is 0.556. The fourth-order valence-corrected chi connectivity index (χ4v) is 1.51. The minimum Gasteiger partial charge on any atom is -0.394 e. The summed E-state index contributed by atoms with van der Waals surface area (Å²) in [6.07, 6.45) is -0.455. The number of nitrogen functional groups attached to an aromatic ring is 1. The molecule has 1 heterocycles. The molecule has 1 aromatic heterocycles. The molecule has 0 fully saturated rings. The molecule has 15 heavy (non-hydrogen) atoms. The van der Waals surface area contributed by atoms with Crippen molar-refractivity contribution in [3.63, 3.8) is 0 Å². The van der Waals surface area contributed by atoms with Crippen LogP contribution in [0.25, 0.3) is 0 Å². The van der Waals surface area contributed by atoms with Crippen molar-refractivity contribution in [2.24, 2.45) is 0 Å². The van der Waals surface area contributed by atoms with Crippen LogP contribution in [-0.2, 0) is 0 Å². The summed E-state index contributed by atoms with van der Waals surface area (Å²) in [5.41, 5.74) is 6.95. The van der Waals surface area contributed by atoms with Gasteiger partial charge in [-0.1, -0.05) is 0 Å². The molecule has 0 aliphatic carbocycles. The van der Waals surface area contributed by atoms with Gasteiger partial charge < -0.3 is 15.7 Å². The van der Waals surface area contributed by atoms with Crippen LogP contribution >= 0.6 is 11.6 Å². The average Bonchev–Trinajstić information content (AvgIpc) is 2.09. The first-order valence-corrected chi connectivity index (χ1v) is 4.98. The van der Waals surface area contributed by atoms with Crippen LogP contribution in [0.5, 0.6) is 0 Å². The molecular formula is C9H15ClN4O. The van der Waals surface area contributed by atoms with Gasteiger partial charge in [-0.05, 0) is 25.4 Å². The second kappa shape index (κ2) is 4.63. The van der Waals surface area contributed by atoms with Crippen molar-refractivity contribution in [1.29, 1.82) is 0 Å². The maximum absolute atomic E-state index is 9.25. The number of halogens is 1. The molecule has 1 unspecified atom stereocenters. The third-order valence-electron chi connectivity index (χ3n) is 1.99. The van der Waals surface area contributed by atoms with Crippen LogP contribution in [-0.4, -0.2) is 34.8 Å². The maximum atomic E-state index is 9.25. The molecule has 0 aromatic carbocycles. The minimum atomic E-state index is -0.455. The molecule has 0 aliphatic rings. The van der Waals surface area contributed by atoms with Crippen LogP contribution in [0, 0.1) is 6.92 Å². The number of aliphatic hydroxyl groups is 1. The Bertz CT molecular complexity index is 356. The molecule has 1 aromatic rings. The van der Waals surface area contributed by atoms with E-state index >= 15 is 0 Å². The van der Waals surface area contributed by atoms with Crippen LogP contribution in [0.4, 0.5) is 11.5 Å². The Morgan fingerprint density at radius 1 is 1.53 bits per heavy atom. The van der Waals surface area contributed by atoms with E-state index in [-0.39, 0.29) is 5.28 Å². The van der Waals surface area contributed by atoms with Crippen molar-refractivity contribution in [3.05, 3.63) is 11.0 Å². The van der Waals surface area contributed by atoms with E-state index in [1.807, 2.05) is 0 Å². The molecule has 0 bridgehead atoms. The molecule has 0 saturated carbocycles. The Balaban J connectivity index is 3.02. The summed E-state index contributed by atoms with van der Waals surface area (Å²) in [4.78, 5) is 9.72. The van der Waals surface area contributed by atoms with Crippen LogP contribution in [0.1, 0.15) is 12.6 Å². The van der Waals surface area contributed by atoms with Gasteiger partial charge in [-0.3, -0.25) is 0 Å². The number of aryl methyl sites for hydroxylation is 1. The molecule has 0 saturated heterocycles. The topological polar surface area (TPSA) is 75.3 Å². The second-order valence-electron chi connectivity index (χ2n) is 3.54. The highest BCUT2D eigenvalue weighted by atomic mass is 35.5. The third-order valence-corrected chi connectivity index (χ3v) is 2.16. The van der Waals surface area contributed by atoms with Crippen molar-refractivity contribution >= 4 is 23.1 Å². The number of aliphatic hydroxyl groups excluding tert-OH is 1. The highest BCUT2D eigenvalue weighted by Crippen LogP contribution is 2.23. The van der Waals surface area contributed by atoms with Crippen LogP contribution in [0.15, 0.2) is 0 Å². The van der Waals surface area contributed by atoms with Gasteiger partial charge in [-0.25, -0.2) is 4.98 Å². The summed E-state index contributed by atoms with van der Waals surface area (Å²) in [6, 6.07) is 0. The zero-order chi connectivity index (χ0) is 11.6. The Morgan fingerprint density at radius 3 is 2.67 bits per heavy atom. The Hall–Kier alpha value is -1.07. The number of rotatable bonds is 3. The van der Waals surface area contributed by atoms with E-state index in [4.69, 9.17) is 17.3 Å². The first-order valence-electron chi connectivity index (χ1n) is 4.60. The number of anilines is 2. The number of nitrogens with zero attached hydrogens (tertiary/aromatic N) is 3. The van der Waals surface area contributed by atoms with E-state index in [1.165, 1.54) is 0 Å². The number of aromatic nitrogens is 2. The zero-order valence-electron chi connectivity index (χ0n) is 9.03. The molecule has 84 valence electrons. The molecule has 0 aliphatic heterocycles. The molecule has 1 atom stereocenters. The fourth-order valence-electron chi connectivity index (χ4n) is 1.31. The highest BCUT2D eigenvalue weighted by molar-refractivity contribution is 6.28. The molecule has 6 heteroatoms. The maximum Gasteiger partial charge on any atom is 0.224 e. The van der Waals surface area contributed by atoms with E-state index < -0.39 is 6.10 Å². The van der Waals surface area contributed by atoms with Gasteiger partial charge in [-0.15, -0.1) is 0 Å². The minimum absolute atomic E-state index is 0.161. The average molecular weight is 231 g/mol. The van der Waals surface area contributed by atoms with Crippen LogP contribution < -0.4 is 10.6 Å². The van der Waals surface area contributed by atoms with E-state index in [0.29, 0.717) is 23.7 Å². The van der Waals surface area contributed by atoms with Crippen LogP contribution in [0.2, 0.25) is 5.28 Å². The molecule has 0 spiro atoms. The third kappa shape index (κ3) is 2.94. The first-order chi connectivity index (χ1) is 6.91. The molecule has 1 rings (SSSR count). The standard InChI is InChI=1S/C9H15ClN4O/c1-5(15)4-14(3)8-7(11)6(2)12-9(10)13-8/h5,15H,4,11H2,1-3H3. The Labute approximate surface area is 93.9 Å². The van der Waals surface area contributed by atoms with Crippen molar-refractivity contribution in [3.8, 4) is 0 Å². The normalized spacial score (nSPS) is 12.6. The lowest BCUT2D eigenvalue weighted by Crippen LogP contribution is -2.28. The lowest BCUT2D eigenvalue weighted by atomic mass is 10.3. The second-order valence-corrected chi connectivity index (χ2v) is 3.88. The quantitative estimate of drug-likeness (QED) is 0.753. The first kappa shape index (κ1) is 12.0. The lowest BCUT2D eigenvalue weighted by Gasteiger charge is -2.21. The van der Waals surface area contributed by atoms with E-state index in [1.54, 1.807) is 25.8 Å². The smallest absolute Gasteiger partial charge is 0.224 e. The summed E-state index contributed by atoms with van der Waals surface area (Å²) < 4.78 is 0. The zero-order valence-corrected chi connectivity index (χ0v) is 9.78. The summed E-state index contributed by atoms with van der Waals surface area (Å²) in [6.45, 7) is 3.90. The van der Waals surface area contributed by atoms with Gasteiger partial charge in [0.1, 0.15) is 0 Å². The van der Waals surface area contributed by atoms with Crippen LogP contribution in [0.3, 0.4) is 0 Å². The number of likely N-dealkylation sites (N-methyl/N-ethyl adjacent to an activating group) is 1. The molecular weight excluding hydrogens is 216 g/mol. The van der Waals surface area contributed by atoms with Gasteiger partial charge in [0, 0.05) is 13.6 Å². The highest BCUT2D eigenvalue weighted by Gasteiger charge is 2.13. The van der Waals surface area contributed by atoms with E-state index in [9.17, 15) is 5.11 Å². The molecule has 5 nitrogen and oxygen atoms in total. The van der Waals surface area contributed by atoms with Gasteiger partial charge in [0.15, 0.2) is 5.82 Å². The predicted molar refractivity (Wildman–Crippen MR) is 61.1 cm³/mol. The van der Waals surface area contributed by atoms with E-state index in [0.717, 1.165) is 0 Å². The SMILES string of the molecule is Cc1nc(Cl)nc(N(C)CC(C)O)c1N. The molecule has 0 radical (unpaired) electrons. The van der Waals surface area contributed by atoms with Crippen molar-refractivity contribution in [2.75, 3.05) is 24.2 Å². The molecule has 0 amide bonds. The van der Waals surface area contributed by atoms with Gasteiger partial charge in [0.2, 0.25) is 5.28 Å². The largest absolute Gasteiger partial charge is 0.394 e. The summed E-state index contributed by atoms with van der Waals surface area (Å²) in [7, 11) is 1.79. The predicted octanol–water partition coefficient (Wildman–Crippen LogP) is 0.838. The summed E-state index contributed by atoms with van der Waals surface area (Å²) in [5.74, 6) is 0.549. The summed E-state index contributed by atoms with van der Waals surface area (Å²) in [5, 5.41) is 9.42. The van der Waals surface area contributed by atoms with Gasteiger partial charge in [-0.2, -0.15) is 4.98 Å².